The van der Waals surface area contributed by atoms with Gasteiger partial charge in [-0.25, -0.2) is 0 Å². The van der Waals surface area contributed by atoms with E-state index in [2.05, 4.69) is 9.97 Å². The number of aromatic nitrogens is 2. The van der Waals surface area contributed by atoms with E-state index in [1.807, 2.05) is 6.07 Å². The van der Waals surface area contributed by atoms with E-state index >= 15 is 0 Å². The molecule has 94 valence electrons. The average Bonchev–Trinajstić information content (AvgIpc) is 2.84. The summed E-state index contributed by atoms with van der Waals surface area (Å²) in [6.45, 7) is 0. The molecule has 0 bridgehead atoms. The summed E-state index contributed by atoms with van der Waals surface area (Å²) in [5.41, 5.74) is 8.00. The van der Waals surface area contributed by atoms with Crippen molar-refractivity contribution in [2.75, 3.05) is 5.73 Å². The highest BCUT2D eigenvalue weighted by Crippen LogP contribution is 2.25. The number of ketones is 1. The second-order valence-corrected chi connectivity index (χ2v) is 4.60. The largest absolute Gasteiger partial charge is 0.399 e. The second kappa shape index (κ2) is 4.40. The van der Waals surface area contributed by atoms with Crippen LogP contribution in [0.2, 0.25) is 5.02 Å². The first-order chi connectivity index (χ1) is 9.16. The highest BCUT2D eigenvalue weighted by atomic mass is 35.5. The van der Waals surface area contributed by atoms with E-state index in [0.717, 1.165) is 10.9 Å². The first kappa shape index (κ1) is 11.7. The zero-order chi connectivity index (χ0) is 13.4. The number of anilines is 1. The Balaban J connectivity index is 2.16. The lowest BCUT2D eigenvalue weighted by molar-refractivity contribution is 0.104. The van der Waals surface area contributed by atoms with Gasteiger partial charge in [-0.1, -0.05) is 11.6 Å². The minimum Gasteiger partial charge on any atom is -0.399 e. The van der Waals surface area contributed by atoms with Gasteiger partial charge in [-0.2, -0.15) is 0 Å². The highest BCUT2D eigenvalue weighted by Gasteiger charge is 2.17. The van der Waals surface area contributed by atoms with Crippen molar-refractivity contribution in [3.8, 4) is 0 Å². The smallest absolute Gasteiger partial charge is 0.196 e. The van der Waals surface area contributed by atoms with Crippen molar-refractivity contribution in [2.45, 2.75) is 0 Å². The zero-order valence-corrected chi connectivity index (χ0v) is 10.6. The number of carbonyl (C=O) groups is 1. The van der Waals surface area contributed by atoms with Gasteiger partial charge in [0.25, 0.3) is 0 Å². The van der Waals surface area contributed by atoms with Crippen LogP contribution in [-0.4, -0.2) is 15.8 Å². The van der Waals surface area contributed by atoms with Crippen LogP contribution in [0.4, 0.5) is 5.69 Å². The molecule has 0 aliphatic carbocycles. The molecule has 2 heterocycles. The van der Waals surface area contributed by atoms with Crippen molar-refractivity contribution >= 4 is 34.0 Å². The normalized spacial score (nSPS) is 10.8. The van der Waals surface area contributed by atoms with Crippen molar-refractivity contribution in [1.82, 2.24) is 9.97 Å². The summed E-state index contributed by atoms with van der Waals surface area (Å²) in [7, 11) is 0. The first-order valence-electron chi connectivity index (χ1n) is 5.67. The number of nitrogens with zero attached hydrogens (tertiary/aromatic N) is 1. The minimum atomic E-state index is -0.170. The molecule has 0 spiro atoms. The molecule has 5 heteroatoms. The number of pyridine rings is 1. The molecule has 0 atom stereocenters. The van der Waals surface area contributed by atoms with Gasteiger partial charge in [0.1, 0.15) is 0 Å². The minimum absolute atomic E-state index is 0.170. The molecule has 0 unspecified atom stereocenters. The Labute approximate surface area is 114 Å². The SMILES string of the molecule is Nc1ccc(Cl)c(C(=O)c2c[nH]c3ccncc23)c1. The number of hydrogen-bond donors (Lipinski definition) is 2. The summed E-state index contributed by atoms with van der Waals surface area (Å²) in [6, 6.07) is 6.68. The van der Waals surface area contributed by atoms with Crippen LogP contribution in [0.5, 0.6) is 0 Å². The standard InChI is InChI=1S/C14H10ClN3O/c15-12-2-1-8(16)5-9(12)14(19)11-7-18-13-3-4-17-6-10(11)13/h1-7,18H,16H2. The number of nitrogens with one attached hydrogen (secondary N) is 1. The first-order valence-corrected chi connectivity index (χ1v) is 6.05. The fourth-order valence-electron chi connectivity index (χ4n) is 2.01. The van der Waals surface area contributed by atoms with Gasteiger partial charge in [0.05, 0.1) is 5.02 Å². The third-order valence-corrected chi connectivity index (χ3v) is 3.29. The van der Waals surface area contributed by atoms with Gasteiger partial charge < -0.3 is 10.7 Å². The maximum atomic E-state index is 12.5. The van der Waals surface area contributed by atoms with E-state index in [4.69, 9.17) is 17.3 Å². The lowest BCUT2D eigenvalue weighted by atomic mass is 10.0. The molecule has 3 aromatic rings. The molecule has 19 heavy (non-hydrogen) atoms. The van der Waals surface area contributed by atoms with Crippen LogP contribution in [0.3, 0.4) is 0 Å². The number of rotatable bonds is 2. The Morgan fingerprint density at radius 1 is 1.26 bits per heavy atom. The quantitative estimate of drug-likeness (QED) is 0.556. The third kappa shape index (κ3) is 1.96. The Hall–Kier alpha value is -2.33. The molecule has 0 fully saturated rings. The zero-order valence-electron chi connectivity index (χ0n) is 9.85. The monoisotopic (exact) mass is 271 g/mol. The Kier molecular flexibility index (Phi) is 2.72. The van der Waals surface area contributed by atoms with Crippen LogP contribution in [0.25, 0.3) is 10.9 Å². The van der Waals surface area contributed by atoms with E-state index in [1.165, 1.54) is 0 Å². The second-order valence-electron chi connectivity index (χ2n) is 4.19. The van der Waals surface area contributed by atoms with Gasteiger partial charge in [-0.3, -0.25) is 9.78 Å². The van der Waals surface area contributed by atoms with Crippen molar-refractivity contribution in [3.63, 3.8) is 0 Å². The molecule has 0 saturated heterocycles. The summed E-state index contributed by atoms with van der Waals surface area (Å²) in [6.07, 6.45) is 4.98. The lowest BCUT2D eigenvalue weighted by Crippen LogP contribution is -2.02. The number of carbonyl (C=O) groups excluding carboxylic acids is 1. The highest BCUT2D eigenvalue weighted by molar-refractivity contribution is 6.35. The number of halogens is 1. The predicted octanol–water partition coefficient (Wildman–Crippen LogP) is 3.03. The molecule has 3 rings (SSSR count). The predicted molar refractivity (Wildman–Crippen MR) is 75.4 cm³/mol. The van der Waals surface area contributed by atoms with Crippen molar-refractivity contribution in [1.29, 1.82) is 0 Å². The van der Waals surface area contributed by atoms with Crippen LogP contribution in [0, 0.1) is 0 Å². The van der Waals surface area contributed by atoms with Crippen LogP contribution in [0.15, 0.2) is 42.9 Å². The van der Waals surface area contributed by atoms with Crippen molar-refractivity contribution < 1.29 is 4.79 Å². The van der Waals surface area contributed by atoms with Gasteiger partial charge in [0.15, 0.2) is 5.78 Å². The van der Waals surface area contributed by atoms with Crippen molar-refractivity contribution in [3.05, 3.63) is 59.0 Å². The topological polar surface area (TPSA) is 71.8 Å². The van der Waals surface area contributed by atoms with Gasteiger partial charge in [-0.15, -0.1) is 0 Å². The molecule has 0 aliphatic rings. The summed E-state index contributed by atoms with van der Waals surface area (Å²) in [5.74, 6) is -0.170. The maximum Gasteiger partial charge on any atom is 0.196 e. The number of H-pyrrole nitrogens is 1. The summed E-state index contributed by atoms with van der Waals surface area (Å²) in [5, 5.41) is 1.16. The fourth-order valence-corrected chi connectivity index (χ4v) is 2.22. The number of benzene rings is 1. The van der Waals surface area contributed by atoms with Gasteiger partial charge in [0, 0.05) is 46.3 Å². The summed E-state index contributed by atoms with van der Waals surface area (Å²) in [4.78, 5) is 19.6. The number of fused-ring (bicyclic) bond motifs is 1. The average molecular weight is 272 g/mol. The van der Waals surface area contributed by atoms with E-state index in [0.29, 0.717) is 21.8 Å². The number of nitrogen functional groups attached to an aromatic ring is 1. The lowest BCUT2D eigenvalue weighted by Gasteiger charge is -2.03. The van der Waals surface area contributed by atoms with E-state index < -0.39 is 0 Å². The molecular weight excluding hydrogens is 262 g/mol. The van der Waals surface area contributed by atoms with Crippen LogP contribution < -0.4 is 5.73 Å². The maximum absolute atomic E-state index is 12.5. The van der Waals surface area contributed by atoms with Crippen LogP contribution in [-0.2, 0) is 0 Å². The Morgan fingerprint density at radius 3 is 2.95 bits per heavy atom. The molecule has 0 radical (unpaired) electrons. The van der Waals surface area contributed by atoms with Gasteiger partial charge >= 0.3 is 0 Å². The fraction of sp³-hybridized carbons (Fsp3) is 0. The number of aromatic amines is 1. The summed E-state index contributed by atoms with van der Waals surface area (Å²) >= 11 is 6.06. The molecule has 0 aliphatic heterocycles. The third-order valence-electron chi connectivity index (χ3n) is 2.96. The molecule has 1 aromatic carbocycles. The van der Waals surface area contributed by atoms with Crippen LogP contribution >= 0.6 is 11.6 Å². The van der Waals surface area contributed by atoms with E-state index in [-0.39, 0.29) is 5.78 Å². The van der Waals surface area contributed by atoms with E-state index in [1.54, 1.807) is 36.8 Å². The van der Waals surface area contributed by atoms with Crippen molar-refractivity contribution in [2.24, 2.45) is 0 Å². The Bertz CT molecular complexity index is 779. The van der Waals surface area contributed by atoms with Gasteiger partial charge in [-0.05, 0) is 24.3 Å². The number of nitrogens with two attached hydrogens (primary N) is 1. The molecule has 0 saturated carbocycles. The Morgan fingerprint density at radius 2 is 2.11 bits per heavy atom. The summed E-state index contributed by atoms with van der Waals surface area (Å²) < 4.78 is 0. The molecule has 4 nitrogen and oxygen atoms in total. The molecule has 0 amide bonds. The molecule has 2 aromatic heterocycles. The molecule has 3 N–H and O–H groups in total. The van der Waals surface area contributed by atoms with Gasteiger partial charge in [0.2, 0.25) is 0 Å². The molecular formula is C14H10ClN3O. The number of hydrogen-bond acceptors (Lipinski definition) is 3. The van der Waals surface area contributed by atoms with E-state index in [9.17, 15) is 4.79 Å². The van der Waals surface area contributed by atoms with Crippen LogP contribution in [0.1, 0.15) is 15.9 Å².